The van der Waals surface area contributed by atoms with E-state index >= 15 is 0 Å². The summed E-state index contributed by atoms with van der Waals surface area (Å²) in [4.78, 5) is 2.87. The second-order valence-corrected chi connectivity index (χ2v) is 7.69. The van der Waals surface area contributed by atoms with Gasteiger partial charge in [0, 0.05) is 14.7 Å². The lowest BCUT2D eigenvalue weighted by atomic mass is 10.0. The first-order chi connectivity index (χ1) is 7.29. The molecule has 0 aromatic heterocycles. The molecule has 1 aliphatic rings. The smallest absolute Gasteiger partial charge is 0.0447 e. The van der Waals surface area contributed by atoms with Crippen LogP contribution in [0.25, 0.3) is 0 Å². The van der Waals surface area contributed by atoms with Crippen molar-refractivity contribution in [3.63, 3.8) is 0 Å². The average molecular weight is 227 g/mol. The van der Waals surface area contributed by atoms with Crippen LogP contribution in [0, 0.1) is 0 Å². The van der Waals surface area contributed by atoms with Crippen molar-refractivity contribution in [3.8, 4) is 0 Å². The summed E-state index contributed by atoms with van der Waals surface area (Å²) in [5.74, 6) is 0. The third kappa shape index (κ3) is 3.32. The van der Waals surface area contributed by atoms with Gasteiger partial charge >= 0.3 is 0 Å². The molecule has 1 saturated heterocycles. The fourth-order valence-electron chi connectivity index (χ4n) is 3.35. The molecule has 15 heavy (non-hydrogen) atoms. The third-order valence-corrected chi connectivity index (χ3v) is 6.85. The molecule has 1 unspecified atom stereocenters. The van der Waals surface area contributed by atoms with Crippen LogP contribution in [0.5, 0.6) is 0 Å². The van der Waals surface area contributed by atoms with Crippen molar-refractivity contribution in [2.75, 3.05) is 13.1 Å². The Bertz CT molecular complexity index is 158. The molecule has 1 atom stereocenters. The van der Waals surface area contributed by atoms with Gasteiger partial charge in [0.05, 0.1) is 0 Å². The quantitative estimate of drug-likeness (QED) is 0.604. The molecule has 0 aromatic rings. The monoisotopic (exact) mass is 227 g/mol. The van der Waals surface area contributed by atoms with E-state index < -0.39 is 0 Å². The molecule has 0 amide bonds. The molecule has 1 rings (SSSR count). The molecule has 0 aliphatic carbocycles. The third-order valence-electron chi connectivity index (χ3n) is 3.91. The van der Waals surface area contributed by atoms with Gasteiger partial charge in [0.25, 0.3) is 0 Å². The van der Waals surface area contributed by atoms with E-state index in [0.29, 0.717) is 0 Å². The zero-order valence-corrected chi connectivity index (χ0v) is 12.4. The highest BCUT2D eigenvalue weighted by molar-refractivity contribution is 6.41. The molecule has 1 heterocycles. The molecule has 2 heteroatoms. The van der Waals surface area contributed by atoms with Crippen LogP contribution < -0.4 is 0 Å². The van der Waals surface area contributed by atoms with E-state index in [0.717, 1.165) is 5.16 Å². The van der Waals surface area contributed by atoms with E-state index in [1.807, 2.05) is 0 Å². The lowest BCUT2D eigenvalue weighted by molar-refractivity contribution is 0.144. The van der Waals surface area contributed by atoms with Crippen molar-refractivity contribution in [1.82, 2.24) is 4.90 Å². The van der Waals surface area contributed by atoms with Crippen LogP contribution in [-0.2, 0) is 0 Å². The van der Waals surface area contributed by atoms with Gasteiger partial charge < -0.3 is 4.90 Å². The largest absolute Gasteiger partial charge is 0.301 e. The molecule has 1 nitrogen and oxygen atoms in total. The molecule has 1 fully saturated rings. The first-order valence-electron chi connectivity index (χ1n) is 7.04. The van der Waals surface area contributed by atoms with Crippen LogP contribution in [0.15, 0.2) is 0 Å². The molecule has 0 spiro atoms. The highest BCUT2D eigenvalue weighted by Gasteiger charge is 2.37. The lowest BCUT2D eigenvalue weighted by Gasteiger charge is -2.41. The molecular weight excluding hydrogens is 198 g/mol. The molecule has 90 valence electrons. The van der Waals surface area contributed by atoms with Crippen molar-refractivity contribution in [3.05, 3.63) is 0 Å². The minimum absolute atomic E-state index is 0.177. The van der Waals surface area contributed by atoms with Crippen LogP contribution in [0.3, 0.4) is 0 Å². The Morgan fingerprint density at radius 2 is 1.73 bits per heavy atom. The normalized spacial score (nSPS) is 28.0. The predicted octanol–water partition coefficient (Wildman–Crippen LogP) is 2.99. The van der Waals surface area contributed by atoms with Gasteiger partial charge in [0.15, 0.2) is 0 Å². The Labute approximate surface area is 98.4 Å². The summed E-state index contributed by atoms with van der Waals surface area (Å²) in [6, 6.07) is 1.60. The molecule has 0 bridgehead atoms. The fourth-order valence-corrected chi connectivity index (χ4v) is 6.24. The summed E-state index contributed by atoms with van der Waals surface area (Å²) in [5, 5.41) is 0.737. The fraction of sp³-hybridized carbons (Fsp3) is 1.00. The first-order valence-corrected chi connectivity index (χ1v) is 8.75. The van der Waals surface area contributed by atoms with E-state index in [-0.39, 0.29) is 9.52 Å². The number of hydrogen-bond acceptors (Lipinski definition) is 1. The van der Waals surface area contributed by atoms with Crippen molar-refractivity contribution < 1.29 is 0 Å². The Morgan fingerprint density at radius 1 is 1.07 bits per heavy atom. The van der Waals surface area contributed by atoms with Crippen molar-refractivity contribution in [2.45, 2.75) is 70.5 Å². The van der Waals surface area contributed by atoms with Gasteiger partial charge in [-0.2, -0.15) is 0 Å². The summed E-state index contributed by atoms with van der Waals surface area (Å²) in [7, 11) is 0.177. The van der Waals surface area contributed by atoms with Gasteiger partial charge in [0.1, 0.15) is 0 Å². The highest BCUT2D eigenvalue weighted by atomic mass is 28.2. The second kappa shape index (κ2) is 6.69. The van der Waals surface area contributed by atoms with Crippen LogP contribution >= 0.6 is 0 Å². The molecular formula is C13H29NSi. The lowest BCUT2D eigenvalue weighted by Crippen LogP contribution is -2.51. The summed E-state index contributed by atoms with van der Waals surface area (Å²) in [6.45, 7) is 9.73. The minimum Gasteiger partial charge on any atom is -0.301 e. The number of hydrogen-bond donors (Lipinski definition) is 0. The van der Waals surface area contributed by atoms with E-state index in [9.17, 15) is 0 Å². The van der Waals surface area contributed by atoms with Crippen LogP contribution in [0.2, 0.25) is 6.04 Å². The van der Waals surface area contributed by atoms with E-state index in [1.54, 1.807) is 6.04 Å². The topological polar surface area (TPSA) is 3.24 Å². The number of nitrogens with zero attached hydrogens (tertiary/aromatic N) is 1. The van der Waals surface area contributed by atoms with E-state index in [4.69, 9.17) is 0 Å². The minimum atomic E-state index is 0.177. The van der Waals surface area contributed by atoms with Crippen LogP contribution in [0.4, 0.5) is 0 Å². The number of rotatable bonds is 7. The highest BCUT2D eigenvalue weighted by Crippen LogP contribution is 2.34. The van der Waals surface area contributed by atoms with Crippen molar-refractivity contribution in [1.29, 1.82) is 0 Å². The van der Waals surface area contributed by atoms with Crippen LogP contribution in [0.1, 0.15) is 59.3 Å². The van der Waals surface area contributed by atoms with Gasteiger partial charge in [-0.3, -0.25) is 0 Å². The predicted molar refractivity (Wildman–Crippen MR) is 72.4 cm³/mol. The van der Waals surface area contributed by atoms with Gasteiger partial charge in [-0.25, -0.2) is 0 Å². The van der Waals surface area contributed by atoms with Gasteiger partial charge in [-0.05, 0) is 38.8 Å². The first kappa shape index (κ1) is 13.2. The maximum atomic E-state index is 2.87. The molecule has 0 aromatic carbocycles. The molecule has 0 saturated carbocycles. The summed E-state index contributed by atoms with van der Waals surface area (Å²) in [6.07, 6.45) is 8.58. The van der Waals surface area contributed by atoms with Crippen molar-refractivity contribution >= 4 is 9.52 Å². The van der Waals surface area contributed by atoms with Gasteiger partial charge in [0.2, 0.25) is 0 Å². The van der Waals surface area contributed by atoms with Gasteiger partial charge in [-0.15, -0.1) is 0 Å². The Hall–Kier alpha value is 0.177. The maximum Gasteiger partial charge on any atom is 0.0447 e. The maximum absolute atomic E-state index is 2.87. The Balaban J connectivity index is 2.64. The summed E-state index contributed by atoms with van der Waals surface area (Å²) < 4.78 is 0. The molecule has 1 aliphatic heterocycles. The average Bonchev–Trinajstić information content (AvgIpc) is 2.68. The zero-order valence-electron chi connectivity index (χ0n) is 11.0. The molecule has 0 N–H and O–H groups in total. The van der Waals surface area contributed by atoms with E-state index in [2.05, 4.69) is 25.7 Å². The Morgan fingerprint density at radius 3 is 2.13 bits per heavy atom. The van der Waals surface area contributed by atoms with Crippen LogP contribution in [-0.4, -0.2) is 32.7 Å². The molecule has 0 radical (unpaired) electrons. The Kier molecular flexibility index (Phi) is 5.91. The second-order valence-electron chi connectivity index (χ2n) is 5.17. The SMILES string of the molecule is CCCN(CCC)C1(CCC)CCC[SiH2]1. The van der Waals surface area contributed by atoms with E-state index in [1.165, 1.54) is 51.6 Å². The van der Waals surface area contributed by atoms with Crippen molar-refractivity contribution in [2.24, 2.45) is 0 Å². The standard InChI is InChI=1S/C13H29NSi/c1-4-8-13(9-7-12-15-13)14(10-5-2)11-6-3/h4-12,15H2,1-3H3. The summed E-state index contributed by atoms with van der Waals surface area (Å²) in [5.41, 5.74) is 0. The summed E-state index contributed by atoms with van der Waals surface area (Å²) >= 11 is 0. The zero-order chi connectivity index (χ0) is 11.1. The van der Waals surface area contributed by atoms with Gasteiger partial charge in [-0.1, -0.05) is 39.7 Å².